The molecule has 0 aromatic heterocycles. The van der Waals surface area contributed by atoms with Crippen LogP contribution in [-0.4, -0.2) is 283 Å². The van der Waals surface area contributed by atoms with Crippen molar-refractivity contribution in [2.45, 2.75) is 263 Å². The molecule has 0 rings (SSSR count). The molecular weight excluding hydrogens is 1450 g/mol. The van der Waals surface area contributed by atoms with Crippen LogP contribution in [0.2, 0.25) is 0 Å². The standard InChI is InChI=1S/C69H125N17O24/c1-18-31(6)26-32(7)50(91)35(10)57(96)79-41(28-71)59(98)84-54(69(13,14)109)51(92)52(93)65(104)80-46(33(8)34(9)55(74)94)61(100)81-48(37(12)88)63(102)82-47(36(11)87)62(101)76-38(20-19-23-70)58(97)77-39(24-29(2)3)66(105)85(15)42(21-22-44(72)89)60(99)83-49(53(110-17)56(75)95)64(103)78-40(27-45(73)90)67(106)86(16)43(68(107)108)25-30(4)5/h29-43,46-54,87-88,91-93,109H,18-28,70-71H2,1-17H3,(H2,72,89)(H2,73,90)(H2,74,94)(H2,75,95)(H,76,101)(H,77,97)(H,78,103)(H,79,96)(H,80,104)(H,81,100)(H,82,102)(H,83,99)(H,84,98)(H,107,108)/t31?,32?,33?,34?,35?,36-,37-,38-,39+,40-,41-,42+,43+,46?,47-,48-,49?,50?,51?,52?,53?,54?/m1/s1. The number of rotatable bonds is 52. The normalized spacial score (nSPS) is 17.7. The van der Waals surface area contributed by atoms with Crippen molar-refractivity contribution in [3.63, 3.8) is 0 Å². The van der Waals surface area contributed by atoms with E-state index in [1.807, 2.05) is 13.8 Å². The summed E-state index contributed by atoms with van der Waals surface area (Å²) < 4.78 is 5.17. The Kier molecular flexibility index (Phi) is 43.6. The molecule has 0 saturated heterocycles. The number of aliphatic hydroxyl groups excluding tert-OH is 5. The zero-order valence-corrected chi connectivity index (χ0v) is 66.1. The monoisotopic (exact) mass is 1580 g/mol. The molecule has 41 heteroatoms. The van der Waals surface area contributed by atoms with Gasteiger partial charge in [0.25, 0.3) is 5.91 Å². The van der Waals surface area contributed by atoms with Crippen LogP contribution < -0.4 is 82.3 Å². The van der Waals surface area contributed by atoms with Crippen molar-refractivity contribution in [3.8, 4) is 0 Å². The van der Waals surface area contributed by atoms with Crippen molar-refractivity contribution < 1.29 is 117 Å². The van der Waals surface area contributed by atoms with Crippen molar-refractivity contribution in [2.75, 3.05) is 34.3 Å². The summed E-state index contributed by atoms with van der Waals surface area (Å²) in [6, 6.07) is -20.5. The number of methoxy groups -OCH3 is 1. The minimum Gasteiger partial charge on any atom is -0.480 e. The van der Waals surface area contributed by atoms with Crippen molar-refractivity contribution >= 4 is 94.6 Å². The lowest BCUT2D eigenvalue weighted by atomic mass is 9.85. The number of ether oxygens (including phenoxy) is 1. The molecule has 0 spiro atoms. The predicted octanol–water partition coefficient (Wildman–Crippen LogP) is -8.40. The summed E-state index contributed by atoms with van der Waals surface area (Å²) >= 11 is 0. The van der Waals surface area contributed by atoms with E-state index in [9.17, 15) is 112 Å². The highest BCUT2D eigenvalue weighted by Gasteiger charge is 2.47. The summed E-state index contributed by atoms with van der Waals surface area (Å²) in [6.45, 7) is 19.7. The molecule has 12 unspecified atom stereocenters. The van der Waals surface area contributed by atoms with Gasteiger partial charge < -0.3 is 133 Å². The SMILES string of the molecule is CCC(C)CC(C)C(O)C(C)C(=O)N[C@H](CN)C(=O)NC(C(O)C(O)C(=O)NC(C(=O)N[C@@H](C(=O)N[C@@H](C(=O)N[C@H](CCCN)C(=O)N[C@@H](CC(C)C)C(=O)N(C)[C@@H](CCC(N)=O)C(=O)NC(C(=O)N[C@H](CC(N)=O)C(=O)N(C)[C@@H](CC(C)C)C(=O)O)C(OC)C(N)=O)[C@@H](C)O)[C@@H](C)O)C(C)C(C)C(N)=O)C(C)(C)O. The van der Waals surface area contributed by atoms with E-state index in [-0.39, 0.29) is 50.0 Å². The predicted molar refractivity (Wildman–Crippen MR) is 394 cm³/mol. The number of hydrogen-bond donors (Lipinski definition) is 22. The first-order valence-electron chi connectivity index (χ1n) is 36.4. The topological polar surface area (TPSA) is 695 Å². The summed E-state index contributed by atoms with van der Waals surface area (Å²) in [6.07, 6.45) is -13.5. The average Bonchev–Trinajstić information content (AvgIpc) is 0.823. The van der Waals surface area contributed by atoms with Crippen LogP contribution >= 0.6 is 0 Å². The van der Waals surface area contributed by atoms with Crippen LogP contribution in [-0.2, 0) is 81.4 Å². The second kappa shape index (κ2) is 47.4. The van der Waals surface area contributed by atoms with Gasteiger partial charge in [-0.15, -0.1) is 0 Å². The van der Waals surface area contributed by atoms with Gasteiger partial charge >= 0.3 is 5.97 Å². The van der Waals surface area contributed by atoms with Gasteiger partial charge in [-0.3, -0.25) is 71.9 Å². The Labute approximate surface area is 640 Å². The summed E-state index contributed by atoms with van der Waals surface area (Å²) in [4.78, 5) is 220. The van der Waals surface area contributed by atoms with E-state index in [0.29, 0.717) is 6.42 Å². The molecule has 28 N–H and O–H groups in total. The average molecular weight is 1580 g/mol. The molecule has 0 fully saturated rings. The molecule has 0 aliphatic carbocycles. The number of aliphatic carboxylic acids is 1. The number of carbonyl (C=O) groups is 16. The van der Waals surface area contributed by atoms with Crippen molar-refractivity contribution in [1.29, 1.82) is 0 Å². The number of primary amides is 4. The largest absolute Gasteiger partial charge is 0.480 e. The highest BCUT2D eigenvalue weighted by Crippen LogP contribution is 2.25. The van der Waals surface area contributed by atoms with Crippen LogP contribution in [0.5, 0.6) is 0 Å². The molecular formula is C69H125N17O24. The fourth-order valence-corrected chi connectivity index (χ4v) is 11.8. The van der Waals surface area contributed by atoms with E-state index >= 15 is 0 Å². The molecule has 15 amide bonds. The Morgan fingerprint density at radius 2 is 0.918 bits per heavy atom. The number of nitrogens with two attached hydrogens (primary N) is 6. The third kappa shape index (κ3) is 32.2. The maximum atomic E-state index is 14.8. The molecule has 22 atom stereocenters. The quantitative estimate of drug-likeness (QED) is 0.0269. The highest BCUT2D eigenvalue weighted by atomic mass is 16.5. The molecule has 630 valence electrons. The van der Waals surface area contributed by atoms with Gasteiger partial charge in [-0.25, -0.2) is 4.79 Å². The fourth-order valence-electron chi connectivity index (χ4n) is 11.8. The first-order chi connectivity index (χ1) is 50.7. The van der Waals surface area contributed by atoms with Crippen LogP contribution in [0.3, 0.4) is 0 Å². The number of nitrogens with zero attached hydrogens (tertiary/aromatic N) is 2. The van der Waals surface area contributed by atoms with Crippen LogP contribution in [0, 0.1) is 41.4 Å². The molecule has 0 aromatic rings. The van der Waals surface area contributed by atoms with Crippen molar-refractivity contribution in [2.24, 2.45) is 75.8 Å². The minimum atomic E-state index is -2.66. The molecule has 0 radical (unpaired) electrons. The number of hydrogen-bond acceptors (Lipinski definition) is 25. The number of amides is 15. The molecule has 0 aliphatic heterocycles. The van der Waals surface area contributed by atoms with Gasteiger partial charge in [-0.05, 0) is 102 Å². The number of nitrogens with one attached hydrogen (secondary N) is 9. The smallest absolute Gasteiger partial charge is 0.326 e. The third-order valence-electron chi connectivity index (χ3n) is 19.0. The molecule has 110 heavy (non-hydrogen) atoms. The van der Waals surface area contributed by atoms with Gasteiger partial charge in [0.2, 0.25) is 82.7 Å². The summed E-state index contributed by atoms with van der Waals surface area (Å²) in [5.41, 5.74) is 31.5. The first-order valence-corrected chi connectivity index (χ1v) is 36.4. The van der Waals surface area contributed by atoms with Gasteiger partial charge in [0.05, 0.1) is 42.3 Å². The van der Waals surface area contributed by atoms with Crippen LogP contribution in [0.15, 0.2) is 0 Å². The van der Waals surface area contributed by atoms with Crippen LogP contribution in [0.1, 0.15) is 155 Å². The first kappa shape index (κ1) is 101. The van der Waals surface area contributed by atoms with Crippen LogP contribution in [0.4, 0.5) is 0 Å². The Bertz CT molecular complexity index is 3140. The van der Waals surface area contributed by atoms with Gasteiger partial charge in [0, 0.05) is 40.1 Å². The number of carboxylic acid groups (broad SMARTS) is 1. The Hall–Kier alpha value is -8.84. The molecule has 41 nitrogen and oxygen atoms in total. The maximum absolute atomic E-state index is 14.8. The number of likely N-dealkylation sites (N-methyl/N-ethyl adjacent to an activating group) is 2. The fraction of sp³-hybridized carbons (Fsp3) is 0.768. The lowest BCUT2D eigenvalue weighted by molar-refractivity contribution is -0.151. The number of carboxylic acids is 1. The zero-order chi connectivity index (χ0) is 85.6. The third-order valence-corrected chi connectivity index (χ3v) is 19.0. The molecule has 0 saturated carbocycles. The van der Waals surface area contributed by atoms with E-state index < -0.39 is 253 Å². The number of carbonyl (C=O) groups excluding carboxylic acids is 15. The zero-order valence-electron chi connectivity index (χ0n) is 66.1. The Morgan fingerprint density at radius 3 is 1.35 bits per heavy atom. The minimum absolute atomic E-state index is 0.0198. The van der Waals surface area contributed by atoms with Crippen molar-refractivity contribution in [1.82, 2.24) is 57.7 Å². The van der Waals surface area contributed by atoms with E-state index in [1.165, 1.54) is 20.8 Å². The summed E-state index contributed by atoms with van der Waals surface area (Å²) in [5.74, 6) is -24.2. The molecule has 0 bridgehead atoms. The lowest BCUT2D eigenvalue weighted by Gasteiger charge is -2.37. The second-order valence-corrected chi connectivity index (χ2v) is 29.7. The molecule has 0 aliphatic rings. The van der Waals surface area contributed by atoms with E-state index in [2.05, 4.69) is 47.9 Å². The second-order valence-electron chi connectivity index (χ2n) is 29.7. The highest BCUT2D eigenvalue weighted by molar-refractivity contribution is 6.01. The van der Waals surface area contributed by atoms with E-state index in [4.69, 9.17) is 39.1 Å². The van der Waals surface area contributed by atoms with Gasteiger partial charge in [0.15, 0.2) is 12.2 Å². The summed E-state index contributed by atoms with van der Waals surface area (Å²) in [7, 11) is 3.04. The Morgan fingerprint density at radius 1 is 0.473 bits per heavy atom. The molecule has 0 aromatic carbocycles. The lowest BCUT2D eigenvalue weighted by Crippen LogP contribution is -2.66. The Balaban J connectivity index is 7.32. The van der Waals surface area contributed by atoms with Gasteiger partial charge in [-0.2, -0.15) is 0 Å². The summed E-state index contributed by atoms with van der Waals surface area (Å²) in [5, 5.41) is 97.6. The van der Waals surface area contributed by atoms with Crippen LogP contribution in [0.25, 0.3) is 0 Å². The molecule has 0 heterocycles. The van der Waals surface area contributed by atoms with Gasteiger partial charge in [-0.1, -0.05) is 75.7 Å². The van der Waals surface area contributed by atoms with Gasteiger partial charge in [0.1, 0.15) is 66.5 Å². The van der Waals surface area contributed by atoms with Crippen molar-refractivity contribution in [3.05, 3.63) is 0 Å². The van der Waals surface area contributed by atoms with E-state index in [1.54, 1.807) is 34.6 Å². The van der Waals surface area contributed by atoms with E-state index in [0.717, 1.165) is 65.1 Å². The maximum Gasteiger partial charge on any atom is 0.326 e. The number of aliphatic hydroxyl groups is 6.